The third kappa shape index (κ3) is 1.30. The lowest BCUT2D eigenvalue weighted by atomic mass is 9.61. The molecule has 4 atom stereocenters. The molecule has 3 heteroatoms. The minimum absolute atomic E-state index is 0.333. The van der Waals surface area contributed by atoms with Crippen LogP contribution < -0.4 is 0 Å². The Morgan fingerprint density at radius 1 is 0.867 bits per heavy atom. The Morgan fingerprint density at radius 2 is 1.53 bits per heavy atom. The van der Waals surface area contributed by atoms with E-state index >= 15 is 0 Å². The average molecular weight is 210 g/mol. The highest BCUT2D eigenvalue weighted by Gasteiger charge is 2.64. The van der Waals surface area contributed by atoms with Gasteiger partial charge in [0, 0.05) is 5.41 Å². The van der Waals surface area contributed by atoms with Crippen molar-refractivity contribution in [2.45, 2.75) is 44.0 Å². The van der Waals surface area contributed by atoms with Crippen LogP contribution in [0.5, 0.6) is 0 Å². The lowest BCUT2D eigenvalue weighted by Crippen LogP contribution is -2.46. The van der Waals surface area contributed by atoms with Gasteiger partial charge < -0.3 is 14.2 Å². The van der Waals surface area contributed by atoms with Crippen molar-refractivity contribution in [2.75, 3.05) is 19.8 Å². The highest BCUT2D eigenvalue weighted by Crippen LogP contribution is 2.58. The SMILES string of the molecule is C1CCC(C2CO2)(C2CO2)C(C2CO2)C1. The van der Waals surface area contributed by atoms with Gasteiger partial charge in [-0.3, -0.25) is 0 Å². The Bertz CT molecular complexity index is 254. The van der Waals surface area contributed by atoms with Gasteiger partial charge in [-0.2, -0.15) is 0 Å². The second-order valence-corrected chi connectivity index (χ2v) is 5.48. The number of hydrogen-bond donors (Lipinski definition) is 0. The predicted molar refractivity (Wildman–Crippen MR) is 53.6 cm³/mol. The van der Waals surface area contributed by atoms with Crippen molar-refractivity contribution in [3.8, 4) is 0 Å². The molecule has 0 N–H and O–H groups in total. The maximum Gasteiger partial charge on any atom is 0.0895 e. The third-order valence-electron chi connectivity index (χ3n) is 4.74. The molecule has 3 saturated heterocycles. The van der Waals surface area contributed by atoms with Crippen LogP contribution in [0.2, 0.25) is 0 Å². The zero-order chi connectivity index (χ0) is 9.88. The van der Waals surface area contributed by atoms with Gasteiger partial charge in [-0.05, 0) is 18.8 Å². The van der Waals surface area contributed by atoms with E-state index in [4.69, 9.17) is 14.2 Å². The molecular formula is C12H18O3. The van der Waals surface area contributed by atoms with Crippen LogP contribution >= 0.6 is 0 Å². The van der Waals surface area contributed by atoms with E-state index in [9.17, 15) is 0 Å². The first-order chi connectivity index (χ1) is 7.41. The number of ether oxygens (including phenoxy) is 3. The zero-order valence-corrected chi connectivity index (χ0v) is 8.98. The molecule has 15 heavy (non-hydrogen) atoms. The van der Waals surface area contributed by atoms with Gasteiger partial charge >= 0.3 is 0 Å². The first-order valence-electron chi connectivity index (χ1n) is 6.26. The van der Waals surface area contributed by atoms with Crippen molar-refractivity contribution in [2.24, 2.45) is 11.3 Å². The lowest BCUT2D eigenvalue weighted by molar-refractivity contribution is 0.0108. The van der Waals surface area contributed by atoms with Crippen LogP contribution in [0.15, 0.2) is 0 Å². The van der Waals surface area contributed by atoms with E-state index in [1.54, 1.807) is 0 Å². The van der Waals surface area contributed by atoms with Gasteiger partial charge in [-0.1, -0.05) is 12.8 Å². The maximum absolute atomic E-state index is 5.63. The molecule has 4 rings (SSSR count). The number of rotatable bonds is 3. The molecule has 4 fully saturated rings. The fraction of sp³-hybridized carbons (Fsp3) is 1.00. The summed E-state index contributed by atoms with van der Waals surface area (Å²) >= 11 is 0. The molecular weight excluding hydrogens is 192 g/mol. The van der Waals surface area contributed by atoms with Crippen LogP contribution in [0, 0.1) is 11.3 Å². The summed E-state index contributed by atoms with van der Waals surface area (Å²) in [5.41, 5.74) is 0.333. The van der Waals surface area contributed by atoms with Crippen molar-refractivity contribution in [1.82, 2.24) is 0 Å². The predicted octanol–water partition coefficient (Wildman–Crippen LogP) is 1.36. The topological polar surface area (TPSA) is 37.6 Å². The molecule has 0 amide bonds. The summed E-state index contributed by atoms with van der Waals surface area (Å²) in [6.45, 7) is 2.90. The van der Waals surface area contributed by atoms with Crippen molar-refractivity contribution in [3.63, 3.8) is 0 Å². The van der Waals surface area contributed by atoms with Crippen LogP contribution in [0.25, 0.3) is 0 Å². The highest BCUT2D eigenvalue weighted by atomic mass is 16.6. The summed E-state index contributed by atoms with van der Waals surface area (Å²) in [6.07, 6.45) is 6.84. The van der Waals surface area contributed by atoms with Crippen LogP contribution in [0.3, 0.4) is 0 Å². The molecule has 84 valence electrons. The molecule has 4 aliphatic rings. The minimum atomic E-state index is 0.333. The average Bonchev–Trinajstić information content (AvgIpc) is 3.20. The fourth-order valence-corrected chi connectivity index (χ4v) is 3.79. The maximum atomic E-state index is 5.63. The second-order valence-electron chi connectivity index (χ2n) is 5.48. The van der Waals surface area contributed by atoms with E-state index in [0.717, 1.165) is 19.8 Å². The van der Waals surface area contributed by atoms with Crippen LogP contribution in [0.1, 0.15) is 25.7 Å². The van der Waals surface area contributed by atoms with Gasteiger partial charge in [0.05, 0.1) is 38.1 Å². The summed E-state index contributed by atoms with van der Waals surface area (Å²) in [7, 11) is 0. The highest BCUT2D eigenvalue weighted by molar-refractivity contribution is 5.11. The number of hydrogen-bond acceptors (Lipinski definition) is 3. The molecule has 1 saturated carbocycles. The van der Waals surface area contributed by atoms with Gasteiger partial charge in [0.15, 0.2) is 0 Å². The fourth-order valence-electron chi connectivity index (χ4n) is 3.79. The number of epoxide rings is 3. The Morgan fingerprint density at radius 3 is 2.07 bits per heavy atom. The molecule has 0 bridgehead atoms. The molecule has 0 aromatic carbocycles. The molecule has 0 spiro atoms. The molecule has 3 heterocycles. The Balaban J connectivity index is 1.66. The lowest BCUT2D eigenvalue weighted by Gasteiger charge is -2.42. The normalized spacial score (nSPS) is 57.6. The molecule has 3 aliphatic heterocycles. The molecule has 1 aliphatic carbocycles. The quantitative estimate of drug-likeness (QED) is 0.660. The van der Waals surface area contributed by atoms with Crippen molar-refractivity contribution in [1.29, 1.82) is 0 Å². The largest absolute Gasteiger partial charge is 0.373 e. The summed E-state index contributed by atoms with van der Waals surface area (Å²) < 4.78 is 16.8. The smallest absolute Gasteiger partial charge is 0.0895 e. The van der Waals surface area contributed by atoms with E-state index in [1.165, 1.54) is 25.7 Å². The van der Waals surface area contributed by atoms with Gasteiger partial charge in [0.1, 0.15) is 0 Å². The summed E-state index contributed by atoms with van der Waals surface area (Å²) in [5, 5.41) is 0. The van der Waals surface area contributed by atoms with Gasteiger partial charge in [0.2, 0.25) is 0 Å². The van der Waals surface area contributed by atoms with E-state index in [-0.39, 0.29) is 0 Å². The minimum Gasteiger partial charge on any atom is -0.373 e. The van der Waals surface area contributed by atoms with Crippen LogP contribution in [-0.2, 0) is 14.2 Å². The monoisotopic (exact) mass is 210 g/mol. The Labute approximate surface area is 90.1 Å². The molecule has 0 radical (unpaired) electrons. The van der Waals surface area contributed by atoms with E-state index < -0.39 is 0 Å². The first-order valence-corrected chi connectivity index (χ1v) is 6.26. The van der Waals surface area contributed by atoms with Gasteiger partial charge in [-0.15, -0.1) is 0 Å². The summed E-state index contributed by atoms with van der Waals surface area (Å²) in [6, 6.07) is 0. The standard InChI is InChI=1S/C12H18O3/c1-2-4-12(10-6-14-10,11-7-15-11)8(3-1)9-5-13-9/h8-11H,1-7H2. The van der Waals surface area contributed by atoms with Gasteiger partial charge in [-0.25, -0.2) is 0 Å². The first kappa shape index (κ1) is 8.97. The molecule has 0 aromatic heterocycles. The van der Waals surface area contributed by atoms with Crippen LogP contribution in [0.4, 0.5) is 0 Å². The molecule has 3 nitrogen and oxygen atoms in total. The summed E-state index contributed by atoms with van der Waals surface area (Å²) in [5.74, 6) is 0.714. The summed E-state index contributed by atoms with van der Waals surface area (Å²) in [4.78, 5) is 0. The van der Waals surface area contributed by atoms with Crippen molar-refractivity contribution >= 4 is 0 Å². The van der Waals surface area contributed by atoms with Crippen LogP contribution in [-0.4, -0.2) is 38.1 Å². The van der Waals surface area contributed by atoms with Gasteiger partial charge in [0.25, 0.3) is 0 Å². The third-order valence-corrected chi connectivity index (χ3v) is 4.74. The molecule has 0 aromatic rings. The van der Waals surface area contributed by atoms with E-state index in [1.807, 2.05) is 0 Å². The second kappa shape index (κ2) is 2.96. The molecule has 4 unspecified atom stereocenters. The van der Waals surface area contributed by atoms with Crippen molar-refractivity contribution in [3.05, 3.63) is 0 Å². The van der Waals surface area contributed by atoms with E-state index in [2.05, 4.69) is 0 Å². The zero-order valence-electron chi connectivity index (χ0n) is 8.98. The Kier molecular flexibility index (Phi) is 1.77. The van der Waals surface area contributed by atoms with E-state index in [0.29, 0.717) is 29.6 Å². The Hall–Kier alpha value is -0.120. The van der Waals surface area contributed by atoms with Crippen molar-refractivity contribution < 1.29 is 14.2 Å².